The molecule has 1 aliphatic rings. The highest BCUT2D eigenvalue weighted by atomic mass is 16.3. The van der Waals surface area contributed by atoms with E-state index in [2.05, 4.69) is 5.32 Å². The molecule has 1 saturated carbocycles. The van der Waals surface area contributed by atoms with Gasteiger partial charge in [0.2, 0.25) is 5.91 Å². The third-order valence-corrected chi connectivity index (χ3v) is 3.59. The molecule has 1 amide bonds. The van der Waals surface area contributed by atoms with Gasteiger partial charge in [0.1, 0.15) is 5.76 Å². The topological polar surface area (TPSA) is 68.3 Å². The van der Waals surface area contributed by atoms with Crippen LogP contribution in [0.1, 0.15) is 37.9 Å². The molecule has 1 fully saturated rings. The summed E-state index contributed by atoms with van der Waals surface area (Å²) in [6.45, 7) is 0.769. The van der Waals surface area contributed by atoms with Gasteiger partial charge in [-0.1, -0.05) is 6.42 Å². The van der Waals surface area contributed by atoms with E-state index in [1.807, 2.05) is 12.1 Å². The van der Waals surface area contributed by atoms with E-state index in [-0.39, 0.29) is 5.91 Å². The smallest absolute Gasteiger partial charge is 0.220 e. The van der Waals surface area contributed by atoms with Gasteiger partial charge >= 0.3 is 0 Å². The normalized spacial score (nSPS) is 23.8. The fourth-order valence-electron chi connectivity index (χ4n) is 2.56. The van der Waals surface area contributed by atoms with Gasteiger partial charge in [-0.2, -0.15) is 0 Å². The van der Waals surface area contributed by atoms with E-state index in [1.54, 1.807) is 6.26 Å². The molecule has 1 aromatic heterocycles. The van der Waals surface area contributed by atoms with Crippen LogP contribution in [0.2, 0.25) is 0 Å². The van der Waals surface area contributed by atoms with Crippen LogP contribution in [0.25, 0.3) is 0 Å². The van der Waals surface area contributed by atoms with Crippen molar-refractivity contribution in [1.82, 2.24) is 5.32 Å². The zero-order valence-corrected chi connectivity index (χ0v) is 10.7. The molecule has 4 heteroatoms. The summed E-state index contributed by atoms with van der Waals surface area (Å²) in [7, 11) is 0. The maximum atomic E-state index is 11.7. The van der Waals surface area contributed by atoms with Crippen molar-refractivity contribution >= 4 is 5.91 Å². The summed E-state index contributed by atoms with van der Waals surface area (Å²) < 4.78 is 5.20. The molecule has 2 unspecified atom stereocenters. The van der Waals surface area contributed by atoms with Gasteiger partial charge < -0.3 is 15.5 Å². The van der Waals surface area contributed by atoms with Crippen molar-refractivity contribution in [1.29, 1.82) is 0 Å². The largest absolute Gasteiger partial charge is 0.469 e. The fraction of sp³-hybridized carbons (Fsp3) is 0.643. The minimum absolute atomic E-state index is 0.102. The van der Waals surface area contributed by atoms with Gasteiger partial charge in [-0.15, -0.1) is 0 Å². The molecule has 3 N–H and O–H groups in total. The summed E-state index contributed by atoms with van der Waals surface area (Å²) >= 11 is 0. The lowest BCUT2D eigenvalue weighted by atomic mass is 9.86. The molecule has 1 heterocycles. The molecule has 0 bridgehead atoms. The van der Waals surface area contributed by atoms with Crippen molar-refractivity contribution in [2.45, 2.75) is 44.6 Å². The number of nitrogens with one attached hydrogen (secondary N) is 1. The highest BCUT2D eigenvalue weighted by Crippen LogP contribution is 2.22. The maximum Gasteiger partial charge on any atom is 0.220 e. The zero-order chi connectivity index (χ0) is 12.8. The van der Waals surface area contributed by atoms with Gasteiger partial charge in [-0.3, -0.25) is 4.79 Å². The average Bonchev–Trinajstić information content (AvgIpc) is 2.87. The van der Waals surface area contributed by atoms with Gasteiger partial charge in [-0.05, 0) is 37.3 Å². The molecule has 100 valence electrons. The average molecular weight is 250 g/mol. The van der Waals surface area contributed by atoms with Gasteiger partial charge in [0.25, 0.3) is 0 Å². The van der Waals surface area contributed by atoms with Crippen LogP contribution in [0.3, 0.4) is 0 Å². The van der Waals surface area contributed by atoms with Crippen LogP contribution in [0.5, 0.6) is 0 Å². The number of rotatable bonds is 5. The fourth-order valence-corrected chi connectivity index (χ4v) is 2.56. The number of amides is 1. The number of carbonyl (C=O) groups is 1. The molecular formula is C14H22N2O2. The van der Waals surface area contributed by atoms with E-state index in [0.29, 0.717) is 24.8 Å². The Balaban J connectivity index is 1.62. The standard InChI is InChI=1S/C14H22N2O2/c15-12-4-1-3-11(9-12)10-16-14(17)7-6-13-5-2-8-18-13/h2,5,8,11-12H,1,3-4,6-7,9-10,15H2,(H,16,17). The summed E-state index contributed by atoms with van der Waals surface area (Å²) in [5.74, 6) is 1.52. The monoisotopic (exact) mass is 250 g/mol. The van der Waals surface area contributed by atoms with Gasteiger partial charge in [0, 0.05) is 25.4 Å². The van der Waals surface area contributed by atoms with E-state index in [1.165, 1.54) is 12.8 Å². The van der Waals surface area contributed by atoms with Gasteiger partial charge in [0.05, 0.1) is 6.26 Å². The summed E-state index contributed by atoms with van der Waals surface area (Å²) in [6, 6.07) is 4.06. The molecule has 2 rings (SSSR count). The van der Waals surface area contributed by atoms with Crippen LogP contribution in [-0.2, 0) is 11.2 Å². The first-order valence-corrected chi connectivity index (χ1v) is 6.78. The Kier molecular flexibility index (Phi) is 4.81. The van der Waals surface area contributed by atoms with Crippen LogP contribution >= 0.6 is 0 Å². The molecule has 0 aromatic carbocycles. The lowest BCUT2D eigenvalue weighted by molar-refractivity contribution is -0.121. The SMILES string of the molecule is NC1CCCC(CNC(=O)CCc2ccco2)C1. The second kappa shape index (κ2) is 6.59. The van der Waals surface area contributed by atoms with E-state index < -0.39 is 0 Å². The minimum Gasteiger partial charge on any atom is -0.469 e. The number of furan rings is 1. The number of hydrogen-bond acceptors (Lipinski definition) is 3. The Bertz CT molecular complexity index is 362. The quantitative estimate of drug-likeness (QED) is 0.838. The molecule has 2 atom stereocenters. The summed E-state index contributed by atoms with van der Waals surface area (Å²) in [6.07, 6.45) is 7.34. The molecule has 1 aromatic rings. The molecule has 18 heavy (non-hydrogen) atoms. The number of carbonyl (C=O) groups excluding carboxylic acids is 1. The second-order valence-electron chi connectivity index (χ2n) is 5.18. The van der Waals surface area contributed by atoms with Crippen molar-refractivity contribution in [3.63, 3.8) is 0 Å². The van der Waals surface area contributed by atoms with Gasteiger partial charge in [-0.25, -0.2) is 0 Å². The third-order valence-electron chi connectivity index (χ3n) is 3.59. The molecule has 0 radical (unpaired) electrons. The first-order valence-electron chi connectivity index (χ1n) is 6.78. The lowest BCUT2D eigenvalue weighted by Gasteiger charge is -2.26. The number of aryl methyl sites for hydroxylation is 1. The van der Waals surface area contributed by atoms with Crippen LogP contribution < -0.4 is 11.1 Å². The predicted molar refractivity (Wildman–Crippen MR) is 70.0 cm³/mol. The van der Waals surface area contributed by atoms with E-state index in [9.17, 15) is 4.79 Å². The van der Waals surface area contributed by atoms with Crippen LogP contribution in [-0.4, -0.2) is 18.5 Å². The van der Waals surface area contributed by atoms with Crippen molar-refractivity contribution in [2.75, 3.05) is 6.54 Å². The molecule has 0 saturated heterocycles. The summed E-state index contributed by atoms with van der Waals surface area (Å²) in [5, 5.41) is 3.00. The van der Waals surface area contributed by atoms with Crippen LogP contribution in [0, 0.1) is 5.92 Å². The zero-order valence-electron chi connectivity index (χ0n) is 10.7. The third kappa shape index (κ3) is 4.18. The molecule has 1 aliphatic carbocycles. The van der Waals surface area contributed by atoms with Crippen molar-refractivity contribution in [3.05, 3.63) is 24.2 Å². The Labute approximate surface area is 108 Å². The van der Waals surface area contributed by atoms with Crippen molar-refractivity contribution in [3.8, 4) is 0 Å². The first-order chi connectivity index (χ1) is 8.74. The molecule has 0 aliphatic heterocycles. The lowest BCUT2D eigenvalue weighted by Crippen LogP contribution is -2.35. The summed E-state index contributed by atoms with van der Waals surface area (Å²) in [4.78, 5) is 11.7. The minimum atomic E-state index is 0.102. The van der Waals surface area contributed by atoms with Crippen LogP contribution in [0.4, 0.5) is 0 Å². The van der Waals surface area contributed by atoms with Crippen LogP contribution in [0.15, 0.2) is 22.8 Å². The maximum absolute atomic E-state index is 11.7. The Morgan fingerprint density at radius 3 is 3.11 bits per heavy atom. The molecular weight excluding hydrogens is 228 g/mol. The predicted octanol–water partition coefficient (Wildman–Crippen LogP) is 1.85. The number of nitrogens with two attached hydrogens (primary N) is 1. The van der Waals surface area contributed by atoms with Crippen molar-refractivity contribution in [2.24, 2.45) is 11.7 Å². The summed E-state index contributed by atoms with van der Waals surface area (Å²) in [5.41, 5.74) is 5.93. The highest BCUT2D eigenvalue weighted by molar-refractivity contribution is 5.76. The Morgan fingerprint density at radius 2 is 2.39 bits per heavy atom. The second-order valence-corrected chi connectivity index (χ2v) is 5.18. The highest BCUT2D eigenvalue weighted by Gasteiger charge is 2.19. The molecule has 4 nitrogen and oxygen atoms in total. The Morgan fingerprint density at radius 1 is 1.50 bits per heavy atom. The van der Waals surface area contributed by atoms with E-state index >= 15 is 0 Å². The van der Waals surface area contributed by atoms with E-state index in [0.717, 1.165) is 25.1 Å². The van der Waals surface area contributed by atoms with E-state index in [4.69, 9.17) is 10.2 Å². The van der Waals surface area contributed by atoms with Gasteiger partial charge in [0.15, 0.2) is 0 Å². The number of hydrogen-bond donors (Lipinski definition) is 2. The first kappa shape index (κ1) is 13.1. The van der Waals surface area contributed by atoms with Crippen molar-refractivity contribution < 1.29 is 9.21 Å². The molecule has 0 spiro atoms. The Hall–Kier alpha value is -1.29.